The Bertz CT molecular complexity index is 807. The number of rotatable bonds is 9. The van der Waals surface area contributed by atoms with E-state index in [1.165, 1.54) is 11.8 Å². The van der Waals surface area contributed by atoms with E-state index in [0.717, 1.165) is 16.7 Å². The number of hydrogen-bond donors (Lipinski definition) is 1. The van der Waals surface area contributed by atoms with Crippen molar-refractivity contribution in [1.82, 2.24) is 10.2 Å². The van der Waals surface area contributed by atoms with Crippen molar-refractivity contribution in [2.75, 3.05) is 5.75 Å². The third-order valence-electron chi connectivity index (χ3n) is 4.48. The van der Waals surface area contributed by atoms with Gasteiger partial charge in [0, 0.05) is 23.4 Å². The maximum atomic E-state index is 13.0. The van der Waals surface area contributed by atoms with Crippen LogP contribution in [0.1, 0.15) is 37.5 Å². The second kappa shape index (κ2) is 11.3. The molecule has 2 aromatic rings. The van der Waals surface area contributed by atoms with E-state index in [1.54, 1.807) is 11.8 Å². The van der Waals surface area contributed by atoms with Crippen LogP contribution in [0, 0.1) is 6.92 Å². The van der Waals surface area contributed by atoms with Gasteiger partial charge in [-0.3, -0.25) is 9.59 Å². The lowest BCUT2D eigenvalue weighted by atomic mass is 10.1. The lowest BCUT2D eigenvalue weighted by Gasteiger charge is -2.29. The highest BCUT2D eigenvalue weighted by Gasteiger charge is 2.26. The molecule has 0 spiro atoms. The SMILES string of the molecule is Cc1ccc(CN(C(=O)CSCc2ccc(Cl)cc2)C(C)C(=O)NC(C)C)cc1. The van der Waals surface area contributed by atoms with Crippen LogP contribution in [-0.2, 0) is 21.9 Å². The molecule has 2 rings (SSSR count). The van der Waals surface area contributed by atoms with Gasteiger partial charge in [-0.15, -0.1) is 11.8 Å². The Kier molecular flexibility index (Phi) is 9.05. The van der Waals surface area contributed by atoms with E-state index in [0.29, 0.717) is 23.1 Å². The molecule has 0 fully saturated rings. The summed E-state index contributed by atoms with van der Waals surface area (Å²) in [6.45, 7) is 8.05. The van der Waals surface area contributed by atoms with Gasteiger partial charge in [0.2, 0.25) is 11.8 Å². The molecule has 2 aromatic carbocycles. The van der Waals surface area contributed by atoms with Crippen molar-refractivity contribution in [3.63, 3.8) is 0 Å². The molecule has 0 aromatic heterocycles. The summed E-state index contributed by atoms with van der Waals surface area (Å²) < 4.78 is 0. The molecule has 1 unspecified atom stereocenters. The molecule has 156 valence electrons. The van der Waals surface area contributed by atoms with E-state index in [2.05, 4.69) is 5.32 Å². The molecule has 0 radical (unpaired) electrons. The summed E-state index contributed by atoms with van der Waals surface area (Å²) in [4.78, 5) is 27.2. The predicted molar refractivity (Wildman–Crippen MR) is 122 cm³/mol. The number of nitrogens with one attached hydrogen (secondary N) is 1. The van der Waals surface area contributed by atoms with Crippen molar-refractivity contribution >= 4 is 35.2 Å². The van der Waals surface area contributed by atoms with Crippen LogP contribution in [0.25, 0.3) is 0 Å². The molecular weight excluding hydrogens is 404 g/mol. The van der Waals surface area contributed by atoms with Crippen LogP contribution in [0.2, 0.25) is 5.02 Å². The molecule has 2 amide bonds. The van der Waals surface area contributed by atoms with Crippen LogP contribution in [-0.4, -0.2) is 34.6 Å². The third-order valence-corrected chi connectivity index (χ3v) is 5.72. The number of hydrogen-bond acceptors (Lipinski definition) is 3. The molecule has 4 nitrogen and oxygen atoms in total. The molecule has 29 heavy (non-hydrogen) atoms. The first-order chi connectivity index (χ1) is 13.8. The van der Waals surface area contributed by atoms with Gasteiger partial charge in [0.05, 0.1) is 5.75 Å². The van der Waals surface area contributed by atoms with E-state index in [-0.39, 0.29) is 17.9 Å². The molecule has 0 aliphatic heterocycles. The summed E-state index contributed by atoms with van der Waals surface area (Å²) in [6.07, 6.45) is 0. The maximum Gasteiger partial charge on any atom is 0.242 e. The number of carbonyl (C=O) groups is 2. The standard InChI is InChI=1S/C23H29ClN2O2S/c1-16(2)25-23(28)18(4)26(13-19-7-5-17(3)6-8-19)22(27)15-29-14-20-9-11-21(24)12-10-20/h5-12,16,18H,13-15H2,1-4H3,(H,25,28). The molecule has 0 heterocycles. The second-order valence-electron chi connectivity index (χ2n) is 7.47. The molecule has 1 N–H and O–H groups in total. The van der Waals surface area contributed by atoms with Crippen molar-refractivity contribution in [2.45, 2.75) is 52.1 Å². The van der Waals surface area contributed by atoms with Gasteiger partial charge in [-0.1, -0.05) is 53.6 Å². The van der Waals surface area contributed by atoms with Crippen LogP contribution in [0.5, 0.6) is 0 Å². The Morgan fingerprint density at radius 1 is 1.00 bits per heavy atom. The van der Waals surface area contributed by atoms with E-state index >= 15 is 0 Å². The van der Waals surface area contributed by atoms with E-state index in [4.69, 9.17) is 11.6 Å². The number of benzene rings is 2. The molecule has 0 saturated carbocycles. The van der Waals surface area contributed by atoms with Crippen LogP contribution in [0.3, 0.4) is 0 Å². The fourth-order valence-corrected chi connectivity index (χ4v) is 3.79. The summed E-state index contributed by atoms with van der Waals surface area (Å²) in [5.74, 6) is 0.848. The van der Waals surface area contributed by atoms with Crippen LogP contribution in [0.15, 0.2) is 48.5 Å². The van der Waals surface area contributed by atoms with Gasteiger partial charge < -0.3 is 10.2 Å². The Morgan fingerprint density at radius 2 is 1.59 bits per heavy atom. The third kappa shape index (κ3) is 7.75. The lowest BCUT2D eigenvalue weighted by molar-refractivity contribution is -0.138. The Hall–Kier alpha value is -1.98. The van der Waals surface area contributed by atoms with Crippen molar-refractivity contribution in [3.05, 3.63) is 70.2 Å². The summed E-state index contributed by atoms with van der Waals surface area (Å²) in [5.41, 5.74) is 3.29. The minimum absolute atomic E-state index is 0.0283. The van der Waals surface area contributed by atoms with Crippen LogP contribution < -0.4 is 5.32 Å². The quantitative estimate of drug-likeness (QED) is 0.617. The van der Waals surface area contributed by atoms with Gasteiger partial charge >= 0.3 is 0 Å². The normalized spacial score (nSPS) is 11.9. The number of aryl methyl sites for hydroxylation is 1. The van der Waals surface area contributed by atoms with Crippen LogP contribution >= 0.6 is 23.4 Å². The Labute approximate surface area is 183 Å². The highest BCUT2D eigenvalue weighted by atomic mass is 35.5. The van der Waals surface area contributed by atoms with Gasteiger partial charge in [0.1, 0.15) is 6.04 Å². The van der Waals surface area contributed by atoms with Crippen LogP contribution in [0.4, 0.5) is 0 Å². The number of thioether (sulfide) groups is 1. The van der Waals surface area contributed by atoms with Gasteiger partial charge in [0.15, 0.2) is 0 Å². The predicted octanol–water partition coefficient (Wildman–Crippen LogP) is 4.82. The van der Waals surface area contributed by atoms with Crippen molar-refractivity contribution in [2.24, 2.45) is 0 Å². The van der Waals surface area contributed by atoms with Crippen molar-refractivity contribution < 1.29 is 9.59 Å². The first-order valence-corrected chi connectivity index (χ1v) is 11.3. The zero-order valence-electron chi connectivity index (χ0n) is 17.4. The highest BCUT2D eigenvalue weighted by Crippen LogP contribution is 2.18. The summed E-state index contributed by atoms with van der Waals surface area (Å²) in [7, 11) is 0. The zero-order chi connectivity index (χ0) is 21.4. The lowest BCUT2D eigenvalue weighted by Crippen LogP contribution is -2.49. The maximum absolute atomic E-state index is 13.0. The Morgan fingerprint density at radius 3 is 2.17 bits per heavy atom. The molecular formula is C23H29ClN2O2S. The first-order valence-electron chi connectivity index (χ1n) is 9.74. The average molecular weight is 433 g/mol. The molecule has 0 aliphatic rings. The fraction of sp³-hybridized carbons (Fsp3) is 0.391. The average Bonchev–Trinajstić information content (AvgIpc) is 2.68. The first kappa shape index (κ1) is 23.3. The van der Waals surface area contributed by atoms with E-state index in [9.17, 15) is 9.59 Å². The highest BCUT2D eigenvalue weighted by molar-refractivity contribution is 7.99. The van der Waals surface area contributed by atoms with Gasteiger partial charge in [0.25, 0.3) is 0 Å². The number of nitrogens with zero attached hydrogens (tertiary/aromatic N) is 1. The van der Waals surface area contributed by atoms with E-state index in [1.807, 2.05) is 69.3 Å². The summed E-state index contributed by atoms with van der Waals surface area (Å²) in [5, 5.41) is 3.61. The smallest absolute Gasteiger partial charge is 0.242 e. The monoisotopic (exact) mass is 432 g/mol. The van der Waals surface area contributed by atoms with Crippen molar-refractivity contribution in [1.29, 1.82) is 0 Å². The number of halogens is 1. The minimum atomic E-state index is -0.540. The summed E-state index contributed by atoms with van der Waals surface area (Å²) in [6, 6.07) is 15.2. The molecule has 0 aliphatic carbocycles. The topological polar surface area (TPSA) is 49.4 Å². The molecule has 0 saturated heterocycles. The van der Waals surface area contributed by atoms with Gasteiger partial charge in [-0.05, 0) is 51.0 Å². The van der Waals surface area contributed by atoms with Gasteiger partial charge in [-0.25, -0.2) is 0 Å². The van der Waals surface area contributed by atoms with Gasteiger partial charge in [-0.2, -0.15) is 0 Å². The summed E-state index contributed by atoms with van der Waals surface area (Å²) >= 11 is 7.46. The zero-order valence-corrected chi connectivity index (χ0v) is 19.0. The largest absolute Gasteiger partial charge is 0.352 e. The molecule has 6 heteroatoms. The molecule has 0 bridgehead atoms. The number of carbonyl (C=O) groups excluding carboxylic acids is 2. The van der Waals surface area contributed by atoms with E-state index < -0.39 is 6.04 Å². The minimum Gasteiger partial charge on any atom is -0.352 e. The Balaban J connectivity index is 2.05. The second-order valence-corrected chi connectivity index (χ2v) is 8.89. The van der Waals surface area contributed by atoms with Crippen molar-refractivity contribution in [3.8, 4) is 0 Å². The fourth-order valence-electron chi connectivity index (χ4n) is 2.80. The molecule has 1 atom stereocenters. The number of amides is 2.